The molecule has 0 aliphatic carbocycles. The summed E-state index contributed by atoms with van der Waals surface area (Å²) in [5.74, 6) is 1.05. The third-order valence-electron chi connectivity index (χ3n) is 3.92. The minimum Gasteiger partial charge on any atom is -0.354 e. The van der Waals surface area contributed by atoms with Crippen LogP contribution in [-0.4, -0.2) is 53.6 Å². The smallest absolute Gasteiger partial charge is 0.132 e. The Hall–Kier alpha value is -1.20. The van der Waals surface area contributed by atoms with Gasteiger partial charge in [0.25, 0.3) is 0 Å². The summed E-state index contributed by atoms with van der Waals surface area (Å²) in [6.07, 6.45) is 3.94. The molecule has 1 atom stereocenters. The highest BCUT2D eigenvalue weighted by molar-refractivity contribution is 5.39. The Morgan fingerprint density at radius 3 is 2.58 bits per heavy atom. The fraction of sp³-hybridized carbons (Fsp3) is 0.714. The maximum Gasteiger partial charge on any atom is 0.132 e. The van der Waals surface area contributed by atoms with Gasteiger partial charge in [0.1, 0.15) is 12.1 Å². The van der Waals surface area contributed by atoms with Crippen LogP contribution in [0.15, 0.2) is 12.4 Å². The number of aryl methyl sites for hydroxylation is 1. The van der Waals surface area contributed by atoms with Gasteiger partial charge >= 0.3 is 0 Å². The molecule has 1 unspecified atom stereocenters. The number of hydrogen-bond donors (Lipinski definition) is 1. The highest BCUT2D eigenvalue weighted by Crippen LogP contribution is 2.16. The van der Waals surface area contributed by atoms with Gasteiger partial charge in [-0.25, -0.2) is 9.97 Å². The summed E-state index contributed by atoms with van der Waals surface area (Å²) in [6.45, 7) is 9.32. The summed E-state index contributed by atoms with van der Waals surface area (Å²) in [5.41, 5.74) is 6.72. The molecule has 1 aliphatic heterocycles. The summed E-state index contributed by atoms with van der Waals surface area (Å²) >= 11 is 0. The molecule has 1 saturated heterocycles. The Bertz CT molecular complexity index is 387. The quantitative estimate of drug-likeness (QED) is 0.860. The maximum atomic E-state index is 5.69. The lowest BCUT2D eigenvalue weighted by Crippen LogP contribution is -2.50. The van der Waals surface area contributed by atoms with Gasteiger partial charge in [-0.15, -0.1) is 0 Å². The Labute approximate surface area is 115 Å². The number of piperazine rings is 1. The molecule has 1 aliphatic rings. The average Bonchev–Trinajstić information content (AvgIpc) is 2.45. The molecule has 5 heteroatoms. The van der Waals surface area contributed by atoms with Crippen LogP contribution in [0.2, 0.25) is 0 Å². The summed E-state index contributed by atoms with van der Waals surface area (Å²) in [6, 6.07) is 2.70. The first-order chi connectivity index (χ1) is 9.24. The largest absolute Gasteiger partial charge is 0.354 e. The SMILES string of the molecule is CCC(CCN)N1CCN(c2cc(C)ncn2)CC1. The van der Waals surface area contributed by atoms with Gasteiger partial charge in [0, 0.05) is 44.0 Å². The summed E-state index contributed by atoms with van der Waals surface area (Å²) in [5, 5.41) is 0. The Kier molecular flexibility index (Phi) is 5.10. The van der Waals surface area contributed by atoms with Crippen molar-refractivity contribution in [1.29, 1.82) is 0 Å². The molecule has 0 saturated carbocycles. The van der Waals surface area contributed by atoms with Crippen molar-refractivity contribution in [3.8, 4) is 0 Å². The Morgan fingerprint density at radius 1 is 1.26 bits per heavy atom. The molecule has 2 heterocycles. The average molecular weight is 263 g/mol. The molecule has 5 nitrogen and oxygen atoms in total. The number of nitrogens with two attached hydrogens (primary N) is 1. The maximum absolute atomic E-state index is 5.69. The molecule has 0 radical (unpaired) electrons. The molecular formula is C14H25N5. The van der Waals surface area contributed by atoms with Crippen molar-refractivity contribution in [3.05, 3.63) is 18.1 Å². The standard InChI is InChI=1S/C14H25N5/c1-3-13(4-5-15)18-6-8-19(9-7-18)14-10-12(2)16-11-17-14/h10-11,13H,3-9,15H2,1-2H3. The first-order valence-electron chi connectivity index (χ1n) is 7.22. The third kappa shape index (κ3) is 3.64. The zero-order chi connectivity index (χ0) is 13.7. The number of anilines is 1. The van der Waals surface area contributed by atoms with Crippen LogP contribution < -0.4 is 10.6 Å². The van der Waals surface area contributed by atoms with E-state index >= 15 is 0 Å². The molecule has 0 spiro atoms. The molecule has 0 aromatic carbocycles. The van der Waals surface area contributed by atoms with E-state index < -0.39 is 0 Å². The van der Waals surface area contributed by atoms with E-state index in [0.717, 1.165) is 50.7 Å². The van der Waals surface area contributed by atoms with E-state index in [1.54, 1.807) is 6.33 Å². The second kappa shape index (κ2) is 6.82. The van der Waals surface area contributed by atoms with E-state index in [1.165, 1.54) is 6.42 Å². The van der Waals surface area contributed by atoms with Crippen LogP contribution in [0.5, 0.6) is 0 Å². The molecule has 2 rings (SSSR count). The number of hydrogen-bond acceptors (Lipinski definition) is 5. The lowest BCUT2D eigenvalue weighted by molar-refractivity contribution is 0.173. The fourth-order valence-electron chi connectivity index (χ4n) is 2.77. The van der Waals surface area contributed by atoms with E-state index in [0.29, 0.717) is 6.04 Å². The first kappa shape index (κ1) is 14.2. The number of aromatic nitrogens is 2. The highest BCUT2D eigenvalue weighted by atomic mass is 15.3. The minimum absolute atomic E-state index is 0.638. The van der Waals surface area contributed by atoms with Gasteiger partial charge in [-0.2, -0.15) is 0 Å². The summed E-state index contributed by atoms with van der Waals surface area (Å²) in [4.78, 5) is 13.4. The zero-order valence-electron chi connectivity index (χ0n) is 12.0. The van der Waals surface area contributed by atoms with Gasteiger partial charge in [0.2, 0.25) is 0 Å². The predicted octanol–water partition coefficient (Wildman–Crippen LogP) is 1.03. The van der Waals surface area contributed by atoms with Gasteiger partial charge in [0.05, 0.1) is 0 Å². The minimum atomic E-state index is 0.638. The van der Waals surface area contributed by atoms with Crippen molar-refractivity contribution >= 4 is 5.82 Å². The van der Waals surface area contributed by atoms with E-state index in [-0.39, 0.29) is 0 Å². The fourth-order valence-corrected chi connectivity index (χ4v) is 2.77. The lowest BCUT2D eigenvalue weighted by atomic mass is 10.1. The van der Waals surface area contributed by atoms with Crippen molar-refractivity contribution in [3.63, 3.8) is 0 Å². The molecule has 0 bridgehead atoms. The second-order valence-electron chi connectivity index (χ2n) is 5.18. The summed E-state index contributed by atoms with van der Waals surface area (Å²) < 4.78 is 0. The predicted molar refractivity (Wildman–Crippen MR) is 78.3 cm³/mol. The van der Waals surface area contributed by atoms with Crippen molar-refractivity contribution in [2.45, 2.75) is 32.7 Å². The highest BCUT2D eigenvalue weighted by Gasteiger charge is 2.22. The van der Waals surface area contributed by atoms with Crippen molar-refractivity contribution in [2.75, 3.05) is 37.6 Å². The van der Waals surface area contributed by atoms with Crippen molar-refractivity contribution < 1.29 is 0 Å². The normalized spacial score (nSPS) is 18.6. The van der Waals surface area contributed by atoms with Crippen molar-refractivity contribution in [2.24, 2.45) is 5.73 Å². The summed E-state index contributed by atoms with van der Waals surface area (Å²) in [7, 11) is 0. The van der Waals surface area contributed by atoms with Crippen molar-refractivity contribution in [1.82, 2.24) is 14.9 Å². The van der Waals surface area contributed by atoms with E-state index in [1.807, 2.05) is 6.92 Å². The van der Waals surface area contributed by atoms with E-state index in [4.69, 9.17) is 5.73 Å². The number of rotatable bonds is 5. The molecule has 1 fully saturated rings. The van der Waals surface area contributed by atoms with Gasteiger partial charge in [0.15, 0.2) is 0 Å². The van der Waals surface area contributed by atoms with Gasteiger partial charge < -0.3 is 10.6 Å². The third-order valence-corrected chi connectivity index (χ3v) is 3.92. The second-order valence-corrected chi connectivity index (χ2v) is 5.18. The van der Waals surface area contributed by atoms with Gasteiger partial charge in [-0.1, -0.05) is 6.92 Å². The Balaban J connectivity index is 1.91. The molecule has 1 aromatic heterocycles. The van der Waals surface area contributed by atoms with Crippen LogP contribution in [0.1, 0.15) is 25.5 Å². The van der Waals surface area contributed by atoms with E-state index in [9.17, 15) is 0 Å². The topological polar surface area (TPSA) is 58.3 Å². The van der Waals surface area contributed by atoms with Crippen LogP contribution >= 0.6 is 0 Å². The van der Waals surface area contributed by atoms with Gasteiger partial charge in [-0.3, -0.25) is 4.90 Å². The van der Waals surface area contributed by atoms with E-state index in [2.05, 4.69) is 32.8 Å². The van der Waals surface area contributed by atoms with Crippen LogP contribution in [-0.2, 0) is 0 Å². The van der Waals surface area contributed by atoms with Crippen LogP contribution in [0.3, 0.4) is 0 Å². The Morgan fingerprint density at radius 2 is 2.00 bits per heavy atom. The van der Waals surface area contributed by atoms with Gasteiger partial charge in [-0.05, 0) is 26.3 Å². The van der Waals surface area contributed by atoms with Crippen LogP contribution in [0.25, 0.3) is 0 Å². The molecule has 106 valence electrons. The number of nitrogens with zero attached hydrogens (tertiary/aromatic N) is 4. The van der Waals surface area contributed by atoms with Crippen LogP contribution in [0, 0.1) is 6.92 Å². The lowest BCUT2D eigenvalue weighted by Gasteiger charge is -2.39. The molecule has 1 aromatic rings. The molecular weight excluding hydrogens is 238 g/mol. The van der Waals surface area contributed by atoms with Crippen LogP contribution in [0.4, 0.5) is 5.82 Å². The monoisotopic (exact) mass is 263 g/mol. The zero-order valence-corrected chi connectivity index (χ0v) is 12.0. The first-order valence-corrected chi connectivity index (χ1v) is 7.22. The molecule has 0 amide bonds. The molecule has 19 heavy (non-hydrogen) atoms. The molecule has 2 N–H and O–H groups in total.